The molecule has 0 saturated carbocycles. The number of phenolic OH excluding ortho intramolecular Hbond substituents is 1. The van der Waals surface area contributed by atoms with Crippen LogP contribution in [-0.4, -0.2) is 40.9 Å². The lowest BCUT2D eigenvalue weighted by Crippen LogP contribution is -2.44. The number of hydrogen-bond donors (Lipinski definition) is 4. The first-order valence-electron chi connectivity index (χ1n) is 8.48. The summed E-state index contributed by atoms with van der Waals surface area (Å²) in [5.41, 5.74) is 7.11. The lowest BCUT2D eigenvalue weighted by atomic mass is 10.0. The van der Waals surface area contributed by atoms with Gasteiger partial charge in [0.1, 0.15) is 17.8 Å². The van der Waals surface area contributed by atoms with E-state index in [2.05, 4.69) is 26.3 Å². The number of carbonyl (C=O) groups is 1. The molecule has 26 heavy (non-hydrogen) atoms. The molecule has 1 amide bonds. The summed E-state index contributed by atoms with van der Waals surface area (Å²) in [4.78, 5) is 16.7. The Kier molecular flexibility index (Phi) is 5.82. The highest BCUT2D eigenvalue weighted by atomic mass is 16.5. The lowest BCUT2D eigenvalue weighted by Gasteiger charge is -2.14. The highest BCUT2D eigenvalue weighted by Gasteiger charge is 2.31. The molecule has 1 aliphatic rings. The van der Waals surface area contributed by atoms with Gasteiger partial charge in [-0.1, -0.05) is 17.3 Å². The first-order valence-corrected chi connectivity index (χ1v) is 8.48. The molecule has 1 saturated heterocycles. The Morgan fingerprint density at radius 2 is 2.19 bits per heavy atom. The van der Waals surface area contributed by atoms with Crippen LogP contribution in [0.3, 0.4) is 0 Å². The number of ether oxygens (including phenoxy) is 1. The van der Waals surface area contributed by atoms with Crippen LogP contribution in [0, 0.1) is 0 Å². The van der Waals surface area contributed by atoms with Crippen molar-refractivity contribution in [2.24, 2.45) is 0 Å². The Balaban J connectivity index is 1.53. The molecule has 9 heteroatoms. The van der Waals surface area contributed by atoms with Gasteiger partial charge >= 0.3 is 0 Å². The number of phenols is 1. The minimum atomic E-state index is -0.388. The summed E-state index contributed by atoms with van der Waals surface area (Å²) in [6.07, 6.45) is 1.15. The molecule has 1 aromatic heterocycles. The van der Waals surface area contributed by atoms with E-state index in [1.165, 1.54) is 0 Å². The van der Waals surface area contributed by atoms with Gasteiger partial charge in [0.2, 0.25) is 11.8 Å². The van der Waals surface area contributed by atoms with E-state index in [1.807, 2.05) is 12.1 Å². The third-order valence-electron chi connectivity index (χ3n) is 4.26. The molecular weight excluding hydrogens is 338 g/mol. The van der Waals surface area contributed by atoms with E-state index in [0.717, 1.165) is 5.56 Å². The van der Waals surface area contributed by atoms with Gasteiger partial charge in [-0.15, -0.1) is 0 Å². The number of nitrogens with zero attached hydrogens (tertiary/aromatic N) is 2. The van der Waals surface area contributed by atoms with Gasteiger partial charge in [0.15, 0.2) is 5.82 Å². The zero-order chi connectivity index (χ0) is 18.5. The quantitative estimate of drug-likeness (QED) is 0.570. The van der Waals surface area contributed by atoms with Crippen LogP contribution in [0.25, 0.3) is 0 Å². The number of benzene rings is 1. The van der Waals surface area contributed by atoms with E-state index < -0.39 is 0 Å². The summed E-state index contributed by atoms with van der Waals surface area (Å²) in [5, 5.41) is 16.1. The molecule has 3 rings (SSSR count). The van der Waals surface area contributed by atoms with Crippen molar-refractivity contribution in [3.63, 3.8) is 0 Å². The summed E-state index contributed by atoms with van der Waals surface area (Å²) < 4.78 is 10.2. The third-order valence-corrected chi connectivity index (χ3v) is 4.26. The summed E-state index contributed by atoms with van der Waals surface area (Å²) in [5.74, 6) is 0.983. The maximum Gasteiger partial charge on any atom is 0.248 e. The molecule has 1 fully saturated rings. The molecule has 1 aromatic carbocycles. The molecule has 140 valence electrons. The second-order valence-corrected chi connectivity index (χ2v) is 6.24. The van der Waals surface area contributed by atoms with E-state index in [0.29, 0.717) is 31.2 Å². The maximum absolute atomic E-state index is 12.5. The Labute approximate surface area is 151 Å². The van der Waals surface area contributed by atoms with Gasteiger partial charge in [-0.25, -0.2) is 10.9 Å². The molecular formula is C17H23N5O4. The zero-order valence-corrected chi connectivity index (χ0v) is 14.7. The molecule has 0 radical (unpaired) electrons. The van der Waals surface area contributed by atoms with Crippen molar-refractivity contribution < 1.29 is 19.2 Å². The Hall–Kier alpha value is -2.49. The van der Waals surface area contributed by atoms with Crippen LogP contribution >= 0.6 is 0 Å². The molecule has 3 unspecified atom stereocenters. The predicted molar refractivity (Wildman–Crippen MR) is 92.0 cm³/mol. The molecule has 4 N–H and O–H groups in total. The van der Waals surface area contributed by atoms with Gasteiger partial charge < -0.3 is 19.7 Å². The average Bonchev–Trinajstić information content (AvgIpc) is 3.30. The minimum absolute atomic E-state index is 0.00860. The van der Waals surface area contributed by atoms with Crippen LogP contribution in [0.1, 0.15) is 42.7 Å². The van der Waals surface area contributed by atoms with E-state index in [9.17, 15) is 9.90 Å². The van der Waals surface area contributed by atoms with E-state index in [4.69, 9.17) is 9.26 Å². The zero-order valence-electron chi connectivity index (χ0n) is 14.7. The fraction of sp³-hybridized carbons (Fsp3) is 0.471. The van der Waals surface area contributed by atoms with Crippen molar-refractivity contribution in [3.8, 4) is 5.75 Å². The van der Waals surface area contributed by atoms with Crippen molar-refractivity contribution in [1.82, 2.24) is 26.3 Å². The average molecular weight is 361 g/mol. The molecule has 0 aliphatic carbocycles. The number of amides is 1. The van der Waals surface area contributed by atoms with Crippen molar-refractivity contribution in [3.05, 3.63) is 41.5 Å². The van der Waals surface area contributed by atoms with Gasteiger partial charge in [-0.3, -0.25) is 4.79 Å². The van der Waals surface area contributed by atoms with Crippen LogP contribution in [0.15, 0.2) is 28.8 Å². The number of aromatic hydroxyl groups is 1. The predicted octanol–water partition coefficient (Wildman–Crippen LogP) is 0.749. The summed E-state index contributed by atoms with van der Waals surface area (Å²) >= 11 is 0. The van der Waals surface area contributed by atoms with Crippen LogP contribution in [-0.2, 0) is 16.0 Å². The molecule has 2 heterocycles. The Morgan fingerprint density at radius 3 is 2.92 bits per heavy atom. The smallest absolute Gasteiger partial charge is 0.248 e. The summed E-state index contributed by atoms with van der Waals surface area (Å²) in [6.45, 7) is 2.31. The largest absolute Gasteiger partial charge is 0.508 e. The normalized spacial score (nSPS) is 20.8. The minimum Gasteiger partial charge on any atom is -0.508 e. The summed E-state index contributed by atoms with van der Waals surface area (Å²) in [7, 11) is 1.61. The van der Waals surface area contributed by atoms with Gasteiger partial charge in [-0.2, -0.15) is 4.98 Å². The van der Waals surface area contributed by atoms with Crippen molar-refractivity contribution in [1.29, 1.82) is 0 Å². The van der Waals surface area contributed by atoms with E-state index in [1.54, 1.807) is 26.2 Å². The maximum atomic E-state index is 12.5. The molecule has 3 atom stereocenters. The molecule has 0 spiro atoms. The van der Waals surface area contributed by atoms with E-state index >= 15 is 0 Å². The number of nitrogens with one attached hydrogen (secondary N) is 3. The Bertz CT molecular complexity index is 733. The van der Waals surface area contributed by atoms with Crippen molar-refractivity contribution >= 4 is 5.91 Å². The SMILES string of the molecule is COCCc1noc(C(C)NC(=O)C2CC(c3ccc(O)cc3)NN2)n1. The number of hydrazine groups is 1. The van der Waals surface area contributed by atoms with Gasteiger partial charge in [-0.05, 0) is 31.0 Å². The molecule has 1 aliphatic heterocycles. The van der Waals surface area contributed by atoms with Crippen LogP contribution in [0.5, 0.6) is 5.75 Å². The van der Waals surface area contributed by atoms with Crippen molar-refractivity contribution in [2.45, 2.75) is 37.9 Å². The first kappa shape index (κ1) is 18.3. The summed E-state index contributed by atoms with van der Waals surface area (Å²) in [6, 6.07) is 6.14. The number of carbonyl (C=O) groups excluding carboxylic acids is 1. The lowest BCUT2D eigenvalue weighted by molar-refractivity contribution is -0.123. The standard InChI is InChI=1S/C17H23N5O4/c1-10(17-19-15(22-26-17)7-8-25-2)18-16(24)14-9-13(20-21-14)11-3-5-12(23)6-4-11/h3-6,10,13-14,20-21,23H,7-9H2,1-2H3,(H,18,24). The van der Waals surface area contributed by atoms with Crippen molar-refractivity contribution in [2.75, 3.05) is 13.7 Å². The fourth-order valence-corrected chi connectivity index (χ4v) is 2.77. The number of methoxy groups -OCH3 is 1. The van der Waals surface area contributed by atoms with Gasteiger partial charge in [0, 0.05) is 19.6 Å². The van der Waals surface area contributed by atoms with Gasteiger partial charge in [0.25, 0.3) is 0 Å². The monoisotopic (exact) mass is 361 g/mol. The van der Waals surface area contributed by atoms with Gasteiger partial charge in [0.05, 0.1) is 6.61 Å². The second-order valence-electron chi connectivity index (χ2n) is 6.24. The van der Waals surface area contributed by atoms with E-state index in [-0.39, 0.29) is 29.8 Å². The third kappa shape index (κ3) is 4.37. The number of rotatable bonds is 7. The highest BCUT2D eigenvalue weighted by molar-refractivity contribution is 5.82. The van der Waals surface area contributed by atoms with Crippen LogP contribution in [0.2, 0.25) is 0 Å². The Morgan fingerprint density at radius 1 is 1.42 bits per heavy atom. The fourth-order valence-electron chi connectivity index (χ4n) is 2.77. The molecule has 2 aromatic rings. The highest BCUT2D eigenvalue weighted by Crippen LogP contribution is 2.24. The number of aromatic nitrogens is 2. The number of hydrogen-bond acceptors (Lipinski definition) is 8. The van der Waals surface area contributed by atoms with Crippen LogP contribution < -0.4 is 16.2 Å². The molecule has 0 bridgehead atoms. The van der Waals surface area contributed by atoms with Crippen LogP contribution in [0.4, 0.5) is 0 Å². The second kappa shape index (κ2) is 8.26. The topological polar surface area (TPSA) is 122 Å². The molecule has 9 nitrogen and oxygen atoms in total. The first-order chi connectivity index (χ1) is 12.6.